The van der Waals surface area contributed by atoms with E-state index in [1.165, 1.54) is 5.52 Å². The third-order valence-corrected chi connectivity index (χ3v) is 5.81. The number of aromatic nitrogens is 3. The molecule has 1 saturated heterocycles. The van der Waals surface area contributed by atoms with E-state index in [-0.39, 0.29) is 0 Å². The molecule has 1 aliphatic heterocycles. The number of likely N-dealkylation sites (tertiary alicyclic amines) is 1. The first-order chi connectivity index (χ1) is 14.9. The van der Waals surface area contributed by atoms with E-state index in [0.29, 0.717) is 12.6 Å². The molecule has 0 saturated carbocycles. The van der Waals surface area contributed by atoms with Crippen LogP contribution in [0.15, 0.2) is 79.0 Å². The zero-order valence-corrected chi connectivity index (χ0v) is 17.0. The summed E-state index contributed by atoms with van der Waals surface area (Å²) in [4.78, 5) is 11.9. The van der Waals surface area contributed by atoms with Gasteiger partial charge in [0.2, 0.25) is 0 Å². The van der Waals surface area contributed by atoms with E-state index in [9.17, 15) is 0 Å². The number of piperidine rings is 1. The Kier molecular flexibility index (Phi) is 5.44. The fraction of sp³-hybridized carbons (Fsp3) is 0.280. The van der Waals surface area contributed by atoms with Crippen molar-refractivity contribution < 1.29 is 4.74 Å². The Morgan fingerprint density at radius 2 is 1.63 bits per heavy atom. The van der Waals surface area contributed by atoms with E-state index in [2.05, 4.69) is 50.8 Å². The van der Waals surface area contributed by atoms with Crippen LogP contribution in [-0.2, 0) is 13.2 Å². The van der Waals surface area contributed by atoms with E-state index in [1.807, 2.05) is 42.6 Å². The molecule has 0 unspecified atom stereocenters. The minimum Gasteiger partial charge on any atom is -0.486 e. The molecule has 2 aromatic heterocycles. The second-order valence-electron chi connectivity index (χ2n) is 7.82. The van der Waals surface area contributed by atoms with E-state index < -0.39 is 0 Å². The van der Waals surface area contributed by atoms with Crippen molar-refractivity contribution in [2.24, 2.45) is 0 Å². The van der Waals surface area contributed by atoms with E-state index in [4.69, 9.17) is 9.72 Å². The van der Waals surface area contributed by atoms with Gasteiger partial charge in [0, 0.05) is 31.9 Å². The second-order valence-corrected chi connectivity index (χ2v) is 7.82. The van der Waals surface area contributed by atoms with Crippen molar-refractivity contribution in [3.8, 4) is 5.75 Å². The molecule has 152 valence electrons. The molecular formula is C25H26N4O. The van der Waals surface area contributed by atoms with E-state index in [0.717, 1.165) is 55.3 Å². The summed E-state index contributed by atoms with van der Waals surface area (Å²) in [5, 5.41) is 0. The van der Waals surface area contributed by atoms with Crippen LogP contribution in [0.2, 0.25) is 0 Å². The lowest BCUT2D eigenvalue weighted by Gasteiger charge is -2.33. The number of imidazole rings is 1. The molecule has 0 amide bonds. The summed E-state index contributed by atoms with van der Waals surface area (Å²) in [6, 6.07) is 25.0. The molecular weight excluding hydrogens is 372 g/mol. The van der Waals surface area contributed by atoms with Crippen LogP contribution in [0.1, 0.15) is 30.4 Å². The van der Waals surface area contributed by atoms with Gasteiger partial charge in [0.05, 0.1) is 16.7 Å². The van der Waals surface area contributed by atoms with Gasteiger partial charge in [-0.15, -0.1) is 0 Å². The lowest BCUT2D eigenvalue weighted by atomic mass is 10.0. The fourth-order valence-corrected chi connectivity index (χ4v) is 4.32. The molecule has 0 atom stereocenters. The zero-order chi connectivity index (χ0) is 20.2. The van der Waals surface area contributed by atoms with Gasteiger partial charge in [-0.05, 0) is 49.2 Å². The molecule has 1 aliphatic rings. The van der Waals surface area contributed by atoms with Gasteiger partial charge in [0.25, 0.3) is 0 Å². The SMILES string of the molecule is c1ccc(OCc2nc3ccccc3n2C2CCN(Cc3ccccn3)CC2)cc1. The number of nitrogens with zero attached hydrogens (tertiary/aromatic N) is 4. The van der Waals surface area contributed by atoms with Crippen LogP contribution in [0.4, 0.5) is 0 Å². The Balaban J connectivity index is 1.33. The van der Waals surface area contributed by atoms with Crippen LogP contribution in [0.5, 0.6) is 5.75 Å². The number of hydrogen-bond donors (Lipinski definition) is 0. The highest BCUT2D eigenvalue weighted by Crippen LogP contribution is 2.30. The van der Waals surface area contributed by atoms with Gasteiger partial charge in [0.1, 0.15) is 18.2 Å². The highest BCUT2D eigenvalue weighted by atomic mass is 16.5. The molecule has 0 radical (unpaired) electrons. The van der Waals surface area contributed by atoms with Gasteiger partial charge in [0.15, 0.2) is 0 Å². The molecule has 0 aliphatic carbocycles. The van der Waals surface area contributed by atoms with Crippen molar-refractivity contribution in [1.82, 2.24) is 19.4 Å². The van der Waals surface area contributed by atoms with Crippen LogP contribution >= 0.6 is 0 Å². The molecule has 4 aromatic rings. The Morgan fingerprint density at radius 3 is 2.43 bits per heavy atom. The van der Waals surface area contributed by atoms with Crippen LogP contribution in [-0.4, -0.2) is 32.5 Å². The topological polar surface area (TPSA) is 43.2 Å². The molecule has 3 heterocycles. The van der Waals surface area contributed by atoms with Gasteiger partial charge < -0.3 is 9.30 Å². The third kappa shape index (κ3) is 4.07. The molecule has 30 heavy (non-hydrogen) atoms. The summed E-state index contributed by atoms with van der Waals surface area (Å²) >= 11 is 0. The highest BCUT2D eigenvalue weighted by Gasteiger charge is 2.25. The molecule has 0 bridgehead atoms. The second kappa shape index (κ2) is 8.67. The van der Waals surface area contributed by atoms with Crippen molar-refractivity contribution in [3.63, 3.8) is 0 Å². The molecule has 0 N–H and O–H groups in total. The lowest BCUT2D eigenvalue weighted by molar-refractivity contribution is 0.174. The largest absolute Gasteiger partial charge is 0.486 e. The number of fused-ring (bicyclic) bond motifs is 1. The predicted molar refractivity (Wildman–Crippen MR) is 118 cm³/mol. The Morgan fingerprint density at radius 1 is 0.867 bits per heavy atom. The Bertz CT molecular complexity index is 1090. The number of ether oxygens (including phenoxy) is 1. The summed E-state index contributed by atoms with van der Waals surface area (Å²) < 4.78 is 8.46. The first-order valence-corrected chi connectivity index (χ1v) is 10.6. The smallest absolute Gasteiger partial charge is 0.148 e. The Hall–Kier alpha value is -3.18. The number of pyridine rings is 1. The quantitative estimate of drug-likeness (QED) is 0.466. The Labute approximate surface area is 177 Å². The van der Waals surface area contributed by atoms with Crippen LogP contribution < -0.4 is 4.74 Å². The highest BCUT2D eigenvalue weighted by molar-refractivity contribution is 5.76. The maximum absolute atomic E-state index is 6.05. The first-order valence-electron chi connectivity index (χ1n) is 10.6. The molecule has 5 rings (SSSR count). The van der Waals surface area contributed by atoms with Crippen molar-refractivity contribution in [2.75, 3.05) is 13.1 Å². The van der Waals surface area contributed by atoms with Crippen LogP contribution in [0.25, 0.3) is 11.0 Å². The standard InChI is InChI=1S/C25H26N4O/c1-2-9-22(10-3-1)30-19-25-27-23-11-4-5-12-24(23)29(25)21-13-16-28(17-14-21)18-20-8-6-7-15-26-20/h1-12,15,21H,13-14,16-19H2. The minimum atomic E-state index is 0.437. The maximum Gasteiger partial charge on any atom is 0.148 e. The molecule has 5 heteroatoms. The van der Waals surface area contributed by atoms with Gasteiger partial charge >= 0.3 is 0 Å². The predicted octanol–water partition coefficient (Wildman–Crippen LogP) is 4.85. The minimum absolute atomic E-state index is 0.437. The number of hydrogen-bond acceptors (Lipinski definition) is 4. The molecule has 2 aromatic carbocycles. The number of rotatable bonds is 6. The number of para-hydroxylation sites is 3. The maximum atomic E-state index is 6.05. The van der Waals surface area contributed by atoms with Crippen molar-refractivity contribution in [2.45, 2.75) is 32.0 Å². The average Bonchev–Trinajstić information content (AvgIpc) is 3.18. The average molecular weight is 399 g/mol. The normalized spacial score (nSPS) is 15.5. The van der Waals surface area contributed by atoms with E-state index >= 15 is 0 Å². The van der Waals surface area contributed by atoms with Crippen molar-refractivity contribution in [3.05, 3.63) is 90.5 Å². The fourth-order valence-electron chi connectivity index (χ4n) is 4.32. The van der Waals surface area contributed by atoms with Gasteiger partial charge in [-0.25, -0.2) is 4.98 Å². The van der Waals surface area contributed by atoms with Crippen molar-refractivity contribution >= 4 is 11.0 Å². The summed E-state index contributed by atoms with van der Waals surface area (Å²) in [7, 11) is 0. The third-order valence-electron chi connectivity index (χ3n) is 5.81. The molecule has 1 fully saturated rings. The molecule has 5 nitrogen and oxygen atoms in total. The van der Waals surface area contributed by atoms with Gasteiger partial charge in [-0.1, -0.05) is 36.4 Å². The van der Waals surface area contributed by atoms with Gasteiger partial charge in [-0.2, -0.15) is 0 Å². The summed E-state index contributed by atoms with van der Waals surface area (Å²) in [6.07, 6.45) is 4.08. The van der Waals surface area contributed by atoms with Crippen molar-refractivity contribution in [1.29, 1.82) is 0 Å². The van der Waals surface area contributed by atoms with Crippen LogP contribution in [0.3, 0.4) is 0 Å². The monoisotopic (exact) mass is 398 g/mol. The molecule has 0 spiro atoms. The van der Waals surface area contributed by atoms with Gasteiger partial charge in [-0.3, -0.25) is 9.88 Å². The lowest BCUT2D eigenvalue weighted by Crippen LogP contribution is -2.34. The summed E-state index contributed by atoms with van der Waals surface area (Å²) in [6.45, 7) is 3.52. The number of benzene rings is 2. The van der Waals surface area contributed by atoms with Crippen LogP contribution in [0, 0.1) is 0 Å². The summed E-state index contributed by atoms with van der Waals surface area (Å²) in [5.74, 6) is 1.88. The zero-order valence-electron chi connectivity index (χ0n) is 17.0. The summed E-state index contributed by atoms with van der Waals surface area (Å²) in [5.41, 5.74) is 3.38. The first kappa shape index (κ1) is 18.8. The van der Waals surface area contributed by atoms with E-state index in [1.54, 1.807) is 0 Å².